The maximum atomic E-state index is 13.2. The van der Waals surface area contributed by atoms with E-state index in [0.717, 1.165) is 16.7 Å². The summed E-state index contributed by atoms with van der Waals surface area (Å²) in [6.45, 7) is 3.96. The zero-order valence-electron chi connectivity index (χ0n) is 17.1. The van der Waals surface area contributed by atoms with Crippen LogP contribution in [-0.4, -0.2) is 44.5 Å². The molecular formula is C23H25N5O2. The Hall–Kier alpha value is -3.48. The largest absolute Gasteiger partial charge is 0.352 e. The summed E-state index contributed by atoms with van der Waals surface area (Å²) in [6.07, 6.45) is 0.910. The van der Waals surface area contributed by atoms with E-state index < -0.39 is 0 Å². The van der Waals surface area contributed by atoms with Crippen LogP contribution in [0.15, 0.2) is 54.6 Å². The average molecular weight is 403 g/mol. The van der Waals surface area contributed by atoms with Gasteiger partial charge in [-0.1, -0.05) is 60.2 Å². The first-order valence-corrected chi connectivity index (χ1v) is 10.1. The number of aryl methyl sites for hydroxylation is 1. The van der Waals surface area contributed by atoms with Gasteiger partial charge in [0, 0.05) is 25.1 Å². The predicted octanol–water partition coefficient (Wildman–Crippen LogP) is 2.80. The molecule has 1 aliphatic heterocycles. The van der Waals surface area contributed by atoms with Gasteiger partial charge < -0.3 is 10.2 Å². The van der Waals surface area contributed by atoms with Gasteiger partial charge >= 0.3 is 0 Å². The van der Waals surface area contributed by atoms with Crippen molar-refractivity contribution in [2.45, 2.75) is 38.8 Å². The molecule has 0 spiro atoms. The number of hydrogen-bond donors (Lipinski definition) is 2. The molecule has 2 N–H and O–H groups in total. The van der Waals surface area contributed by atoms with Gasteiger partial charge in [-0.2, -0.15) is 5.10 Å². The van der Waals surface area contributed by atoms with E-state index >= 15 is 0 Å². The number of nitrogens with zero attached hydrogens (tertiary/aromatic N) is 3. The summed E-state index contributed by atoms with van der Waals surface area (Å²) in [5.74, 6) is 1.14. The van der Waals surface area contributed by atoms with Crippen LogP contribution in [-0.2, 0) is 16.0 Å². The van der Waals surface area contributed by atoms with E-state index in [2.05, 4.69) is 20.5 Å². The predicted molar refractivity (Wildman–Crippen MR) is 113 cm³/mol. The Morgan fingerprint density at radius 1 is 1.17 bits per heavy atom. The highest BCUT2D eigenvalue weighted by molar-refractivity contribution is 5.80. The summed E-state index contributed by atoms with van der Waals surface area (Å²) >= 11 is 0. The standard InChI is InChI=1S/C23H25N5O2/c1-15-7-6-8-17(11-15)12-21(30)28-14-19(24-16(2)29)13-20(28)23-25-22(26-27-23)18-9-4-3-5-10-18/h3-11,19-20H,12-14H2,1-2H3,(H,24,29)(H,25,26,27)/t19-,20-/m0/s1. The maximum Gasteiger partial charge on any atom is 0.227 e. The van der Waals surface area contributed by atoms with Gasteiger partial charge in [0.15, 0.2) is 5.82 Å². The third-order valence-corrected chi connectivity index (χ3v) is 5.32. The molecule has 2 aromatic carbocycles. The minimum absolute atomic E-state index is 0.0103. The first-order valence-electron chi connectivity index (χ1n) is 10.1. The highest BCUT2D eigenvalue weighted by atomic mass is 16.2. The van der Waals surface area contributed by atoms with E-state index in [1.54, 1.807) is 4.90 Å². The number of aromatic nitrogens is 3. The molecule has 1 aromatic heterocycles. The average Bonchev–Trinajstić information content (AvgIpc) is 3.35. The summed E-state index contributed by atoms with van der Waals surface area (Å²) < 4.78 is 0. The number of rotatable bonds is 5. The van der Waals surface area contributed by atoms with E-state index in [-0.39, 0.29) is 23.9 Å². The van der Waals surface area contributed by atoms with Crippen molar-refractivity contribution in [2.75, 3.05) is 6.54 Å². The Morgan fingerprint density at radius 2 is 1.97 bits per heavy atom. The number of carbonyl (C=O) groups excluding carboxylic acids is 2. The van der Waals surface area contributed by atoms with Gasteiger partial charge in [0.2, 0.25) is 11.8 Å². The second-order valence-electron chi connectivity index (χ2n) is 7.77. The van der Waals surface area contributed by atoms with Crippen molar-refractivity contribution < 1.29 is 9.59 Å². The Bertz CT molecular complexity index is 1050. The van der Waals surface area contributed by atoms with Crippen molar-refractivity contribution >= 4 is 11.8 Å². The van der Waals surface area contributed by atoms with Crippen LogP contribution in [0.3, 0.4) is 0 Å². The van der Waals surface area contributed by atoms with Crippen LogP contribution >= 0.6 is 0 Å². The lowest BCUT2D eigenvalue weighted by atomic mass is 10.1. The van der Waals surface area contributed by atoms with Crippen molar-refractivity contribution in [3.63, 3.8) is 0 Å². The molecular weight excluding hydrogens is 378 g/mol. The van der Waals surface area contributed by atoms with Gasteiger partial charge in [0.1, 0.15) is 5.82 Å². The minimum Gasteiger partial charge on any atom is -0.352 e. The molecule has 1 saturated heterocycles. The van der Waals surface area contributed by atoms with Crippen molar-refractivity contribution in [3.05, 3.63) is 71.5 Å². The Labute approximate surface area is 175 Å². The highest BCUT2D eigenvalue weighted by Gasteiger charge is 2.38. The molecule has 1 fully saturated rings. The molecule has 3 aromatic rings. The summed E-state index contributed by atoms with van der Waals surface area (Å²) in [5.41, 5.74) is 3.01. The van der Waals surface area contributed by atoms with E-state index in [1.165, 1.54) is 6.92 Å². The number of H-pyrrole nitrogens is 1. The van der Waals surface area contributed by atoms with Gasteiger partial charge in [-0.25, -0.2) is 4.98 Å². The fourth-order valence-electron chi connectivity index (χ4n) is 4.00. The smallest absolute Gasteiger partial charge is 0.227 e. The van der Waals surface area contributed by atoms with E-state index in [9.17, 15) is 9.59 Å². The number of nitrogens with one attached hydrogen (secondary N) is 2. The number of likely N-dealkylation sites (tertiary alicyclic amines) is 1. The monoisotopic (exact) mass is 403 g/mol. The molecule has 30 heavy (non-hydrogen) atoms. The van der Waals surface area contributed by atoms with E-state index in [1.807, 2.05) is 61.5 Å². The van der Waals surface area contributed by atoms with Gasteiger partial charge in [0.05, 0.1) is 12.5 Å². The summed E-state index contributed by atoms with van der Waals surface area (Å²) in [6, 6.07) is 17.3. The molecule has 2 atom stereocenters. The van der Waals surface area contributed by atoms with Crippen LogP contribution in [0.25, 0.3) is 11.4 Å². The first kappa shape index (κ1) is 19.8. The van der Waals surface area contributed by atoms with Crippen molar-refractivity contribution in [2.24, 2.45) is 0 Å². The first-order chi connectivity index (χ1) is 14.5. The van der Waals surface area contributed by atoms with Gasteiger partial charge in [0.25, 0.3) is 0 Å². The van der Waals surface area contributed by atoms with Crippen molar-refractivity contribution in [3.8, 4) is 11.4 Å². The lowest BCUT2D eigenvalue weighted by Gasteiger charge is -2.23. The molecule has 154 valence electrons. The minimum atomic E-state index is -0.260. The van der Waals surface area contributed by atoms with Gasteiger partial charge in [-0.15, -0.1) is 0 Å². The van der Waals surface area contributed by atoms with E-state index in [0.29, 0.717) is 31.0 Å². The third kappa shape index (κ3) is 4.40. The van der Waals surface area contributed by atoms with Gasteiger partial charge in [-0.3, -0.25) is 14.7 Å². The summed E-state index contributed by atoms with van der Waals surface area (Å²) in [4.78, 5) is 31.2. The van der Waals surface area contributed by atoms with Crippen LogP contribution < -0.4 is 5.32 Å². The molecule has 7 heteroatoms. The molecule has 0 radical (unpaired) electrons. The Balaban J connectivity index is 1.58. The molecule has 0 aliphatic carbocycles. The highest BCUT2D eigenvalue weighted by Crippen LogP contribution is 2.32. The fraction of sp³-hybridized carbons (Fsp3) is 0.304. The fourth-order valence-corrected chi connectivity index (χ4v) is 4.00. The second-order valence-corrected chi connectivity index (χ2v) is 7.77. The zero-order valence-corrected chi connectivity index (χ0v) is 17.1. The normalized spacial score (nSPS) is 18.4. The van der Waals surface area contributed by atoms with E-state index in [4.69, 9.17) is 0 Å². The van der Waals surface area contributed by atoms with Gasteiger partial charge in [-0.05, 0) is 18.9 Å². The van der Waals surface area contributed by atoms with Crippen LogP contribution in [0.2, 0.25) is 0 Å². The number of amides is 2. The molecule has 7 nitrogen and oxygen atoms in total. The summed E-state index contributed by atoms with van der Waals surface area (Å²) in [7, 11) is 0. The van der Waals surface area contributed by atoms with Crippen LogP contribution in [0.4, 0.5) is 0 Å². The topological polar surface area (TPSA) is 91.0 Å². The SMILES string of the molecule is CC(=O)N[C@H]1C[C@@H](c2nc(-c3ccccc3)n[nH]2)N(C(=O)Cc2cccc(C)c2)C1. The Morgan fingerprint density at radius 3 is 2.70 bits per heavy atom. The quantitative estimate of drug-likeness (QED) is 0.685. The molecule has 4 rings (SSSR count). The second kappa shape index (κ2) is 8.49. The molecule has 2 amide bonds. The Kier molecular flexibility index (Phi) is 5.61. The van der Waals surface area contributed by atoms with Crippen LogP contribution in [0.5, 0.6) is 0 Å². The molecule has 1 aliphatic rings. The van der Waals surface area contributed by atoms with Crippen molar-refractivity contribution in [1.29, 1.82) is 0 Å². The molecule has 0 saturated carbocycles. The zero-order chi connectivity index (χ0) is 21.1. The number of aromatic amines is 1. The number of carbonyl (C=O) groups is 2. The molecule has 2 heterocycles. The maximum absolute atomic E-state index is 13.2. The number of benzene rings is 2. The number of hydrogen-bond acceptors (Lipinski definition) is 4. The van der Waals surface area contributed by atoms with Crippen LogP contribution in [0.1, 0.15) is 36.3 Å². The third-order valence-electron chi connectivity index (χ3n) is 5.32. The summed E-state index contributed by atoms with van der Waals surface area (Å²) in [5, 5.41) is 10.3. The van der Waals surface area contributed by atoms with Crippen molar-refractivity contribution in [1.82, 2.24) is 25.4 Å². The molecule has 0 unspecified atom stereocenters. The lowest BCUT2D eigenvalue weighted by molar-refractivity contribution is -0.131. The molecule has 0 bridgehead atoms. The lowest BCUT2D eigenvalue weighted by Crippen LogP contribution is -2.38. The van der Waals surface area contributed by atoms with Crippen LogP contribution in [0, 0.1) is 6.92 Å².